The molecule has 1 saturated heterocycles. The van der Waals surface area contributed by atoms with Gasteiger partial charge in [0.2, 0.25) is 0 Å². The number of nitrogens with two attached hydrogens (primary N) is 1. The lowest BCUT2D eigenvalue weighted by atomic mass is 10.2. The average Bonchev–Trinajstić information content (AvgIpc) is 2.60. The second-order valence-corrected chi connectivity index (χ2v) is 4.94. The molecule has 18 heavy (non-hydrogen) atoms. The van der Waals surface area contributed by atoms with Gasteiger partial charge in [0, 0.05) is 0 Å². The molecule has 2 N–H and O–H groups in total. The van der Waals surface area contributed by atoms with Crippen LogP contribution in [0.25, 0.3) is 5.65 Å². The minimum Gasteiger partial charge on any atom is -0.384 e. The van der Waals surface area contributed by atoms with Gasteiger partial charge in [0.15, 0.2) is 11.5 Å². The average molecular weight is 245 g/mol. The van der Waals surface area contributed by atoms with E-state index in [4.69, 9.17) is 5.73 Å². The highest BCUT2D eigenvalue weighted by Gasteiger charge is 2.12. The molecule has 0 atom stereocenters. The zero-order valence-corrected chi connectivity index (χ0v) is 10.5. The molecule has 3 rings (SSSR count). The van der Waals surface area contributed by atoms with Gasteiger partial charge in [-0.2, -0.15) is 4.52 Å². The van der Waals surface area contributed by atoms with Gasteiger partial charge in [-0.15, -0.1) is 5.10 Å². The summed E-state index contributed by atoms with van der Waals surface area (Å²) in [6.07, 6.45) is 5.27. The molecule has 0 amide bonds. The summed E-state index contributed by atoms with van der Waals surface area (Å²) in [5, 5.41) is 4.48. The molecule has 0 bridgehead atoms. The van der Waals surface area contributed by atoms with Gasteiger partial charge < -0.3 is 5.73 Å². The normalized spacial score (nSPS) is 18.0. The fourth-order valence-corrected chi connectivity index (χ4v) is 2.53. The van der Waals surface area contributed by atoms with E-state index in [9.17, 15) is 0 Å². The van der Waals surface area contributed by atoms with Crippen molar-refractivity contribution in [1.29, 1.82) is 0 Å². The molecule has 5 nitrogen and oxygen atoms in total. The summed E-state index contributed by atoms with van der Waals surface area (Å²) in [7, 11) is 0. The van der Waals surface area contributed by atoms with Gasteiger partial charge >= 0.3 is 0 Å². The largest absolute Gasteiger partial charge is 0.384 e. The Morgan fingerprint density at radius 1 is 1.11 bits per heavy atom. The highest BCUT2D eigenvalue weighted by molar-refractivity contribution is 5.45. The number of nitrogen functional groups attached to an aromatic ring is 1. The number of anilines is 1. The van der Waals surface area contributed by atoms with Crippen LogP contribution in [0, 0.1) is 0 Å². The molecule has 1 aliphatic rings. The molecule has 0 spiro atoms. The summed E-state index contributed by atoms with van der Waals surface area (Å²) in [4.78, 5) is 6.97. The van der Waals surface area contributed by atoms with Gasteiger partial charge in [-0.25, -0.2) is 4.98 Å². The Hall–Kier alpha value is -1.62. The summed E-state index contributed by atoms with van der Waals surface area (Å²) >= 11 is 0. The number of rotatable bonds is 2. The standard InChI is InChI=1S/C13H19N5/c14-11-6-5-7-13-15-12(16-18(11)13)10-17-8-3-1-2-4-9-17/h5-7H,1-4,8-10,14H2. The van der Waals surface area contributed by atoms with Crippen LogP contribution in [0.1, 0.15) is 31.5 Å². The fraction of sp³-hybridized carbons (Fsp3) is 0.538. The predicted octanol–water partition coefficient (Wildman–Crippen LogP) is 1.69. The van der Waals surface area contributed by atoms with Crippen molar-refractivity contribution in [2.75, 3.05) is 18.8 Å². The molecule has 2 aromatic heterocycles. The molecule has 3 heterocycles. The van der Waals surface area contributed by atoms with Crippen molar-refractivity contribution in [3.8, 4) is 0 Å². The first-order valence-corrected chi connectivity index (χ1v) is 6.65. The maximum atomic E-state index is 5.87. The molecule has 0 saturated carbocycles. The van der Waals surface area contributed by atoms with Crippen molar-refractivity contribution in [1.82, 2.24) is 19.5 Å². The van der Waals surface area contributed by atoms with E-state index in [0.717, 1.165) is 31.1 Å². The Balaban J connectivity index is 1.79. The number of pyridine rings is 1. The van der Waals surface area contributed by atoms with E-state index in [1.165, 1.54) is 25.7 Å². The number of fused-ring (bicyclic) bond motifs is 1. The van der Waals surface area contributed by atoms with Crippen LogP contribution in [0.5, 0.6) is 0 Å². The fourth-order valence-electron chi connectivity index (χ4n) is 2.53. The second-order valence-electron chi connectivity index (χ2n) is 4.94. The van der Waals surface area contributed by atoms with Gasteiger partial charge in [-0.1, -0.05) is 18.9 Å². The first-order valence-electron chi connectivity index (χ1n) is 6.65. The minimum absolute atomic E-state index is 0.641. The molecule has 1 aliphatic heterocycles. The number of aromatic nitrogens is 3. The number of hydrogen-bond donors (Lipinski definition) is 1. The van der Waals surface area contributed by atoms with Crippen molar-refractivity contribution in [2.45, 2.75) is 32.2 Å². The van der Waals surface area contributed by atoms with Gasteiger partial charge in [0.1, 0.15) is 5.82 Å². The lowest BCUT2D eigenvalue weighted by Gasteiger charge is -2.17. The van der Waals surface area contributed by atoms with Crippen LogP contribution in [0.3, 0.4) is 0 Å². The van der Waals surface area contributed by atoms with Gasteiger partial charge in [0.05, 0.1) is 6.54 Å². The maximum Gasteiger partial charge on any atom is 0.165 e. The number of nitrogens with zero attached hydrogens (tertiary/aromatic N) is 4. The van der Waals surface area contributed by atoms with E-state index in [1.54, 1.807) is 4.52 Å². The van der Waals surface area contributed by atoms with E-state index in [-0.39, 0.29) is 0 Å². The molecule has 0 radical (unpaired) electrons. The first kappa shape index (κ1) is 11.5. The first-order chi connectivity index (χ1) is 8.83. The highest BCUT2D eigenvalue weighted by atomic mass is 15.3. The van der Waals surface area contributed by atoms with Crippen LogP contribution in [-0.4, -0.2) is 32.6 Å². The zero-order valence-electron chi connectivity index (χ0n) is 10.5. The maximum absolute atomic E-state index is 5.87. The predicted molar refractivity (Wildman–Crippen MR) is 71.1 cm³/mol. The van der Waals surface area contributed by atoms with Crippen molar-refractivity contribution in [3.63, 3.8) is 0 Å². The smallest absolute Gasteiger partial charge is 0.165 e. The Morgan fingerprint density at radius 2 is 1.89 bits per heavy atom. The van der Waals surface area contributed by atoms with Crippen LogP contribution in [0.15, 0.2) is 18.2 Å². The van der Waals surface area contributed by atoms with Crippen molar-refractivity contribution in [3.05, 3.63) is 24.0 Å². The molecule has 2 aromatic rings. The summed E-state index contributed by atoms with van der Waals surface area (Å²) in [5.74, 6) is 1.51. The van der Waals surface area contributed by atoms with Crippen LogP contribution in [0.2, 0.25) is 0 Å². The molecule has 5 heteroatoms. The monoisotopic (exact) mass is 245 g/mol. The molecule has 96 valence electrons. The topological polar surface area (TPSA) is 59.5 Å². The Kier molecular flexibility index (Phi) is 3.15. The van der Waals surface area contributed by atoms with E-state index in [0.29, 0.717) is 5.82 Å². The van der Waals surface area contributed by atoms with Gasteiger partial charge in [0.25, 0.3) is 0 Å². The van der Waals surface area contributed by atoms with Gasteiger partial charge in [-0.05, 0) is 38.1 Å². The van der Waals surface area contributed by atoms with Crippen molar-refractivity contribution < 1.29 is 0 Å². The summed E-state index contributed by atoms with van der Waals surface area (Å²) in [6, 6.07) is 5.70. The Bertz CT molecular complexity index is 525. The third kappa shape index (κ3) is 2.31. The molecular weight excluding hydrogens is 226 g/mol. The number of likely N-dealkylation sites (tertiary alicyclic amines) is 1. The minimum atomic E-state index is 0.641. The second kappa shape index (κ2) is 4.94. The number of hydrogen-bond acceptors (Lipinski definition) is 4. The molecule has 1 fully saturated rings. The quantitative estimate of drug-likeness (QED) is 0.874. The van der Waals surface area contributed by atoms with E-state index in [1.807, 2.05) is 18.2 Å². The Morgan fingerprint density at radius 3 is 2.61 bits per heavy atom. The van der Waals surface area contributed by atoms with Crippen molar-refractivity contribution >= 4 is 11.5 Å². The third-order valence-corrected chi connectivity index (χ3v) is 3.50. The molecule has 0 aromatic carbocycles. The SMILES string of the molecule is Nc1cccc2nc(CN3CCCCCC3)nn12. The molecule has 0 aliphatic carbocycles. The van der Waals surface area contributed by atoms with E-state index in [2.05, 4.69) is 15.0 Å². The zero-order chi connectivity index (χ0) is 12.4. The summed E-state index contributed by atoms with van der Waals surface area (Å²) in [5.41, 5.74) is 6.71. The molecular formula is C13H19N5. The Labute approximate surface area is 107 Å². The highest BCUT2D eigenvalue weighted by Crippen LogP contribution is 2.13. The van der Waals surface area contributed by atoms with Crippen LogP contribution < -0.4 is 5.73 Å². The molecule has 0 unspecified atom stereocenters. The summed E-state index contributed by atoms with van der Waals surface area (Å²) < 4.78 is 1.72. The van der Waals surface area contributed by atoms with E-state index >= 15 is 0 Å². The van der Waals surface area contributed by atoms with Crippen LogP contribution in [0.4, 0.5) is 5.82 Å². The summed E-state index contributed by atoms with van der Waals surface area (Å²) in [6.45, 7) is 3.15. The van der Waals surface area contributed by atoms with Crippen LogP contribution in [-0.2, 0) is 6.54 Å². The van der Waals surface area contributed by atoms with E-state index < -0.39 is 0 Å². The lowest BCUT2D eigenvalue weighted by molar-refractivity contribution is 0.270. The van der Waals surface area contributed by atoms with Gasteiger partial charge in [-0.3, -0.25) is 4.90 Å². The lowest BCUT2D eigenvalue weighted by Crippen LogP contribution is -2.24. The van der Waals surface area contributed by atoms with Crippen LogP contribution >= 0.6 is 0 Å². The van der Waals surface area contributed by atoms with Crippen molar-refractivity contribution in [2.24, 2.45) is 0 Å². The third-order valence-electron chi connectivity index (χ3n) is 3.50.